The summed E-state index contributed by atoms with van der Waals surface area (Å²) in [5.41, 5.74) is 4.55. The van der Waals surface area contributed by atoms with Crippen LogP contribution in [0, 0.1) is 11.8 Å². The number of piperidine rings is 1. The van der Waals surface area contributed by atoms with E-state index >= 15 is 0 Å². The lowest BCUT2D eigenvalue weighted by Crippen LogP contribution is -2.56. The van der Waals surface area contributed by atoms with Crippen LogP contribution in [0.25, 0.3) is 11.1 Å². The zero-order chi connectivity index (χ0) is 24.5. The molecule has 35 heavy (non-hydrogen) atoms. The number of carbonyl (C=O) groups excluding carboxylic acids is 2. The molecule has 0 bridgehead atoms. The van der Waals surface area contributed by atoms with Crippen molar-refractivity contribution in [1.82, 2.24) is 10.2 Å². The first kappa shape index (κ1) is 23.4. The smallest absolute Gasteiger partial charge is 0.407 e. The highest BCUT2D eigenvalue weighted by molar-refractivity contribution is 5.89. The number of aliphatic carboxylic acids is 1. The number of carbonyl (C=O) groups is 3. The molecule has 2 N–H and O–H groups in total. The van der Waals surface area contributed by atoms with E-state index in [9.17, 15) is 19.5 Å². The minimum Gasteiger partial charge on any atom is -0.480 e. The van der Waals surface area contributed by atoms with Crippen molar-refractivity contribution in [1.29, 1.82) is 0 Å². The molecule has 3 aliphatic rings. The summed E-state index contributed by atoms with van der Waals surface area (Å²) >= 11 is 0. The van der Waals surface area contributed by atoms with Gasteiger partial charge in [-0.25, -0.2) is 9.59 Å². The van der Waals surface area contributed by atoms with E-state index in [1.54, 1.807) is 0 Å². The lowest BCUT2D eigenvalue weighted by Gasteiger charge is -2.38. The highest BCUT2D eigenvalue weighted by Crippen LogP contribution is 2.44. The van der Waals surface area contributed by atoms with Crippen molar-refractivity contribution in [3.8, 4) is 11.1 Å². The van der Waals surface area contributed by atoms with Gasteiger partial charge in [0.15, 0.2) is 0 Å². The lowest BCUT2D eigenvalue weighted by atomic mass is 9.91. The summed E-state index contributed by atoms with van der Waals surface area (Å²) in [7, 11) is 0. The Bertz CT molecular complexity index is 1080. The van der Waals surface area contributed by atoms with Crippen LogP contribution in [0.5, 0.6) is 0 Å². The van der Waals surface area contributed by atoms with E-state index in [1.165, 1.54) is 4.90 Å². The molecule has 2 aromatic carbocycles. The van der Waals surface area contributed by atoms with Crippen LogP contribution in [0.3, 0.4) is 0 Å². The zero-order valence-corrected chi connectivity index (χ0v) is 20.0. The molecule has 0 radical (unpaired) electrons. The molecular formula is C28H32N2O5. The van der Waals surface area contributed by atoms with Gasteiger partial charge < -0.3 is 20.1 Å². The van der Waals surface area contributed by atoms with Gasteiger partial charge in [-0.1, -0.05) is 68.3 Å². The van der Waals surface area contributed by atoms with Crippen LogP contribution in [0.2, 0.25) is 0 Å². The molecule has 2 aliphatic carbocycles. The summed E-state index contributed by atoms with van der Waals surface area (Å²) < 4.78 is 5.66. The maximum atomic E-state index is 13.4. The number of hydrogen-bond acceptors (Lipinski definition) is 4. The van der Waals surface area contributed by atoms with Gasteiger partial charge in [0.05, 0.1) is 0 Å². The van der Waals surface area contributed by atoms with Crippen molar-refractivity contribution in [3.05, 3.63) is 59.7 Å². The molecule has 3 atom stereocenters. The number of carboxylic acids is 1. The first-order valence-electron chi connectivity index (χ1n) is 12.6. The molecule has 1 aliphatic heterocycles. The van der Waals surface area contributed by atoms with Crippen LogP contribution < -0.4 is 5.32 Å². The predicted octanol–water partition coefficient (Wildman–Crippen LogP) is 4.41. The highest BCUT2D eigenvalue weighted by Gasteiger charge is 2.40. The monoisotopic (exact) mass is 476 g/mol. The molecule has 7 nitrogen and oxygen atoms in total. The average molecular weight is 477 g/mol. The Kier molecular flexibility index (Phi) is 6.50. The van der Waals surface area contributed by atoms with Crippen molar-refractivity contribution in [2.75, 3.05) is 13.2 Å². The number of ether oxygens (including phenoxy) is 1. The van der Waals surface area contributed by atoms with E-state index in [0.29, 0.717) is 25.3 Å². The number of benzene rings is 2. The molecule has 3 unspecified atom stereocenters. The van der Waals surface area contributed by atoms with E-state index in [4.69, 9.17) is 4.74 Å². The molecule has 2 amide bonds. The second-order valence-electron chi connectivity index (χ2n) is 10.2. The van der Waals surface area contributed by atoms with Gasteiger partial charge >= 0.3 is 12.1 Å². The van der Waals surface area contributed by atoms with E-state index in [2.05, 4.69) is 29.6 Å². The first-order chi connectivity index (χ1) is 16.9. The van der Waals surface area contributed by atoms with E-state index < -0.39 is 24.1 Å². The van der Waals surface area contributed by atoms with Crippen molar-refractivity contribution in [2.45, 2.75) is 57.0 Å². The number of likely N-dealkylation sites (tertiary alicyclic amines) is 1. The number of amides is 2. The third-order valence-electron chi connectivity index (χ3n) is 7.63. The maximum Gasteiger partial charge on any atom is 0.407 e. The first-order valence-corrected chi connectivity index (χ1v) is 12.6. The number of carboxylic acid groups (broad SMARTS) is 1. The normalized spacial score (nSPS) is 22.1. The van der Waals surface area contributed by atoms with Crippen LogP contribution in [-0.2, 0) is 14.3 Å². The average Bonchev–Trinajstić information content (AvgIpc) is 3.62. The Morgan fingerprint density at radius 3 is 2.26 bits per heavy atom. The summed E-state index contributed by atoms with van der Waals surface area (Å²) in [6.07, 6.45) is 3.12. The van der Waals surface area contributed by atoms with Crippen molar-refractivity contribution >= 4 is 18.0 Å². The molecule has 5 rings (SSSR count). The third-order valence-corrected chi connectivity index (χ3v) is 7.63. The minimum absolute atomic E-state index is 0.0642. The summed E-state index contributed by atoms with van der Waals surface area (Å²) in [5.74, 6) is -0.742. The minimum atomic E-state index is -0.990. The molecule has 1 heterocycles. The number of nitrogens with one attached hydrogen (secondary N) is 1. The Labute approximate surface area is 205 Å². The van der Waals surface area contributed by atoms with Gasteiger partial charge in [-0.2, -0.15) is 0 Å². The molecule has 1 saturated carbocycles. The Balaban J connectivity index is 1.27. The quantitative estimate of drug-likeness (QED) is 0.617. The summed E-state index contributed by atoms with van der Waals surface area (Å²) in [6.45, 7) is 2.57. The largest absolute Gasteiger partial charge is 0.480 e. The fourth-order valence-electron chi connectivity index (χ4n) is 5.53. The van der Waals surface area contributed by atoms with Crippen LogP contribution in [0.1, 0.15) is 56.1 Å². The fraction of sp³-hybridized carbons (Fsp3) is 0.464. The molecule has 184 valence electrons. The number of nitrogens with zero attached hydrogens (tertiary/aromatic N) is 1. The van der Waals surface area contributed by atoms with Gasteiger partial charge in [0.25, 0.3) is 0 Å². The van der Waals surface area contributed by atoms with Gasteiger partial charge in [-0.05, 0) is 53.4 Å². The maximum absolute atomic E-state index is 13.4. The van der Waals surface area contributed by atoms with Gasteiger partial charge in [-0.3, -0.25) is 4.79 Å². The molecule has 2 fully saturated rings. The van der Waals surface area contributed by atoms with Crippen molar-refractivity contribution < 1.29 is 24.2 Å². The lowest BCUT2D eigenvalue weighted by molar-refractivity contribution is -0.154. The van der Waals surface area contributed by atoms with Crippen molar-refractivity contribution in [2.24, 2.45) is 11.8 Å². The molecule has 0 aromatic heterocycles. The molecule has 1 saturated heterocycles. The van der Waals surface area contributed by atoms with E-state index in [1.807, 2.05) is 31.2 Å². The number of alkyl carbamates (subject to hydrolysis) is 1. The van der Waals surface area contributed by atoms with E-state index in [-0.39, 0.29) is 24.3 Å². The number of rotatable bonds is 7. The van der Waals surface area contributed by atoms with Crippen LogP contribution in [-0.4, -0.2) is 53.2 Å². The topological polar surface area (TPSA) is 95.9 Å². The predicted molar refractivity (Wildman–Crippen MR) is 131 cm³/mol. The summed E-state index contributed by atoms with van der Waals surface area (Å²) in [6, 6.07) is 14.6. The van der Waals surface area contributed by atoms with Gasteiger partial charge in [0, 0.05) is 12.5 Å². The Hall–Kier alpha value is -3.35. The zero-order valence-electron chi connectivity index (χ0n) is 20.0. The molecular weight excluding hydrogens is 444 g/mol. The Morgan fingerprint density at radius 2 is 1.66 bits per heavy atom. The highest BCUT2D eigenvalue weighted by atomic mass is 16.5. The third kappa shape index (κ3) is 4.90. The van der Waals surface area contributed by atoms with Crippen LogP contribution >= 0.6 is 0 Å². The summed E-state index contributed by atoms with van der Waals surface area (Å²) in [5, 5.41) is 12.5. The summed E-state index contributed by atoms with van der Waals surface area (Å²) in [4.78, 5) is 39.6. The number of fused-ring (bicyclic) bond motifs is 3. The van der Waals surface area contributed by atoms with Gasteiger partial charge in [0.2, 0.25) is 5.91 Å². The second-order valence-corrected chi connectivity index (χ2v) is 10.2. The SMILES string of the molecule is CC1CCN(C(=O)C(CC2CC2)NC(=O)OCC2c3ccccc3-c3ccccc32)C(C(=O)O)C1. The van der Waals surface area contributed by atoms with Crippen LogP contribution in [0.15, 0.2) is 48.5 Å². The number of hydrogen-bond donors (Lipinski definition) is 2. The van der Waals surface area contributed by atoms with Crippen LogP contribution in [0.4, 0.5) is 4.79 Å². The second kappa shape index (κ2) is 9.72. The molecule has 0 spiro atoms. The van der Waals surface area contributed by atoms with Crippen molar-refractivity contribution in [3.63, 3.8) is 0 Å². The standard InChI is InChI=1S/C28H32N2O5/c1-17-12-13-30(25(14-17)27(32)33)26(31)24(15-18-10-11-18)29-28(34)35-16-23-21-8-4-2-6-19(21)20-7-3-5-9-22(20)23/h2-9,17-18,23-25H,10-16H2,1H3,(H,29,34)(H,32,33). The fourth-order valence-corrected chi connectivity index (χ4v) is 5.53. The van der Waals surface area contributed by atoms with E-state index in [0.717, 1.165) is 41.5 Å². The molecule has 7 heteroatoms. The Morgan fingerprint density at radius 1 is 1.03 bits per heavy atom. The molecule has 2 aromatic rings. The van der Waals surface area contributed by atoms with Gasteiger partial charge in [-0.15, -0.1) is 0 Å². The van der Waals surface area contributed by atoms with Gasteiger partial charge in [0.1, 0.15) is 18.7 Å².